The molecule has 0 heterocycles. The van der Waals surface area contributed by atoms with E-state index in [0.717, 1.165) is 32.1 Å². The molecule has 2 fully saturated rings. The Kier molecular flexibility index (Phi) is 5.54. The minimum Gasteiger partial charge on any atom is -0.508 e. The second-order valence-electron chi connectivity index (χ2n) is 7.24. The molecule has 1 N–H and O–H groups in total. The molecule has 3 unspecified atom stereocenters. The fraction of sp³-hybridized carbons (Fsp3) is 0.667. The van der Waals surface area contributed by atoms with E-state index < -0.39 is 0 Å². The van der Waals surface area contributed by atoms with Crippen molar-refractivity contribution in [2.45, 2.75) is 72.6 Å². The van der Waals surface area contributed by atoms with Gasteiger partial charge in [0.2, 0.25) is 0 Å². The van der Waals surface area contributed by atoms with Gasteiger partial charge in [0.25, 0.3) is 0 Å². The second kappa shape index (κ2) is 7.07. The molecule has 0 spiro atoms. The first kappa shape index (κ1) is 18.0. The molecule has 2 heteroatoms. The molecule has 0 aromatic heterocycles. The summed E-state index contributed by atoms with van der Waals surface area (Å²) in [5.41, 5.74) is 2.49. The summed E-state index contributed by atoms with van der Waals surface area (Å²) < 4.78 is 0. The smallest absolute Gasteiger partial charge is 0.139 e. The van der Waals surface area contributed by atoms with Crippen molar-refractivity contribution in [3.8, 4) is 5.75 Å². The third kappa shape index (κ3) is 3.05. The van der Waals surface area contributed by atoms with Crippen molar-refractivity contribution < 1.29 is 9.90 Å². The molecule has 23 heavy (non-hydrogen) atoms. The van der Waals surface area contributed by atoms with Gasteiger partial charge in [-0.3, -0.25) is 4.79 Å². The molecule has 0 bridgehead atoms. The SMILES string of the molecule is CC.CCC1C2CCC(=O)C2(C)CC[C@@H]1c1ccc(O)cc1C. The Hall–Kier alpha value is -1.31. The van der Waals surface area contributed by atoms with Crippen molar-refractivity contribution in [2.24, 2.45) is 17.3 Å². The van der Waals surface area contributed by atoms with E-state index in [1.54, 1.807) is 0 Å². The highest BCUT2D eigenvalue weighted by Gasteiger charge is 2.53. The number of Topliss-reactive ketones (excluding diaryl/α,β-unsaturated/α-hetero) is 1. The normalized spacial score (nSPS) is 32.9. The van der Waals surface area contributed by atoms with E-state index >= 15 is 0 Å². The molecule has 0 amide bonds. The lowest BCUT2D eigenvalue weighted by atomic mass is 9.58. The lowest BCUT2D eigenvalue weighted by Crippen LogP contribution is -2.40. The summed E-state index contributed by atoms with van der Waals surface area (Å²) in [6, 6.07) is 5.77. The lowest BCUT2D eigenvalue weighted by molar-refractivity contribution is -0.129. The quantitative estimate of drug-likeness (QED) is 0.769. The summed E-state index contributed by atoms with van der Waals surface area (Å²) in [6.45, 7) is 10.6. The van der Waals surface area contributed by atoms with Gasteiger partial charge in [-0.1, -0.05) is 40.2 Å². The number of phenolic OH excluding ortho intramolecular Hbond substituents is 1. The van der Waals surface area contributed by atoms with Crippen molar-refractivity contribution in [1.29, 1.82) is 0 Å². The summed E-state index contributed by atoms with van der Waals surface area (Å²) >= 11 is 0. The van der Waals surface area contributed by atoms with Gasteiger partial charge in [-0.25, -0.2) is 0 Å². The third-order valence-corrected chi connectivity index (χ3v) is 6.27. The molecule has 1 aromatic carbocycles. The topological polar surface area (TPSA) is 37.3 Å². The fourth-order valence-electron chi connectivity index (χ4n) is 5.09. The largest absolute Gasteiger partial charge is 0.508 e. The van der Waals surface area contributed by atoms with Gasteiger partial charge in [-0.2, -0.15) is 0 Å². The highest BCUT2D eigenvalue weighted by atomic mass is 16.3. The Morgan fingerprint density at radius 2 is 1.96 bits per heavy atom. The van der Waals surface area contributed by atoms with Gasteiger partial charge in [0, 0.05) is 11.8 Å². The number of aryl methyl sites for hydroxylation is 1. The number of phenols is 1. The first-order chi connectivity index (χ1) is 11.0. The molecule has 2 nitrogen and oxygen atoms in total. The van der Waals surface area contributed by atoms with Gasteiger partial charge >= 0.3 is 0 Å². The minimum absolute atomic E-state index is 0.0675. The van der Waals surface area contributed by atoms with E-state index in [1.165, 1.54) is 11.1 Å². The van der Waals surface area contributed by atoms with Crippen molar-refractivity contribution in [1.82, 2.24) is 0 Å². The van der Waals surface area contributed by atoms with Gasteiger partial charge in [0.05, 0.1) is 0 Å². The van der Waals surface area contributed by atoms with E-state index in [1.807, 2.05) is 26.0 Å². The second-order valence-corrected chi connectivity index (χ2v) is 7.24. The Morgan fingerprint density at radius 1 is 1.26 bits per heavy atom. The molecular formula is C21H32O2. The van der Waals surface area contributed by atoms with Crippen LogP contribution in [0.1, 0.15) is 76.8 Å². The molecule has 0 aliphatic heterocycles. The number of carbonyl (C=O) groups is 1. The van der Waals surface area contributed by atoms with Crippen molar-refractivity contribution in [3.63, 3.8) is 0 Å². The number of benzene rings is 1. The van der Waals surface area contributed by atoms with Crippen LogP contribution in [0, 0.1) is 24.2 Å². The first-order valence-electron chi connectivity index (χ1n) is 9.30. The van der Waals surface area contributed by atoms with Crippen LogP contribution in [-0.4, -0.2) is 10.9 Å². The number of hydrogen-bond acceptors (Lipinski definition) is 2. The molecule has 4 atom stereocenters. The lowest BCUT2D eigenvalue weighted by Gasteiger charge is -2.45. The summed E-state index contributed by atoms with van der Waals surface area (Å²) in [5, 5.41) is 9.64. The minimum atomic E-state index is -0.0675. The molecule has 0 radical (unpaired) electrons. The highest BCUT2D eigenvalue weighted by Crippen LogP contribution is 2.57. The molecule has 2 aliphatic carbocycles. The van der Waals surface area contributed by atoms with Gasteiger partial charge < -0.3 is 5.11 Å². The Morgan fingerprint density at radius 3 is 2.57 bits per heavy atom. The Labute approximate surface area is 141 Å². The number of aromatic hydroxyl groups is 1. The van der Waals surface area contributed by atoms with Crippen molar-refractivity contribution in [3.05, 3.63) is 29.3 Å². The third-order valence-electron chi connectivity index (χ3n) is 6.27. The molecule has 0 saturated heterocycles. The maximum atomic E-state index is 12.3. The molecule has 2 aliphatic rings. The number of rotatable bonds is 2. The maximum absolute atomic E-state index is 12.3. The average Bonchev–Trinajstić information content (AvgIpc) is 2.84. The van der Waals surface area contributed by atoms with Crippen LogP contribution < -0.4 is 0 Å². The molecule has 128 valence electrons. The van der Waals surface area contributed by atoms with E-state index in [2.05, 4.69) is 26.8 Å². The average molecular weight is 316 g/mol. The number of fused-ring (bicyclic) bond motifs is 1. The van der Waals surface area contributed by atoms with Crippen molar-refractivity contribution >= 4 is 5.78 Å². The van der Waals surface area contributed by atoms with Crippen LogP contribution in [0.3, 0.4) is 0 Å². The summed E-state index contributed by atoms with van der Waals surface area (Å²) in [4.78, 5) is 12.3. The van der Waals surface area contributed by atoms with Crippen LogP contribution in [0.5, 0.6) is 5.75 Å². The molecular weight excluding hydrogens is 284 g/mol. The maximum Gasteiger partial charge on any atom is 0.139 e. The molecule has 3 rings (SSSR count). The van der Waals surface area contributed by atoms with Crippen LogP contribution in [0.4, 0.5) is 0 Å². The summed E-state index contributed by atoms with van der Waals surface area (Å²) in [6.07, 6.45) is 5.11. The van der Waals surface area contributed by atoms with Crippen molar-refractivity contribution in [2.75, 3.05) is 0 Å². The monoisotopic (exact) mass is 316 g/mol. The van der Waals surface area contributed by atoms with Crippen LogP contribution in [0.25, 0.3) is 0 Å². The highest BCUT2D eigenvalue weighted by molar-refractivity contribution is 5.87. The summed E-state index contributed by atoms with van der Waals surface area (Å²) in [5.74, 6) is 2.52. The molecule has 1 aromatic rings. The van der Waals surface area contributed by atoms with E-state index in [9.17, 15) is 9.90 Å². The van der Waals surface area contributed by atoms with Gasteiger partial charge in [-0.05, 0) is 67.2 Å². The first-order valence-corrected chi connectivity index (χ1v) is 9.30. The Balaban J connectivity index is 0.000000924. The van der Waals surface area contributed by atoms with Crippen LogP contribution in [0.15, 0.2) is 18.2 Å². The standard InChI is InChI=1S/C19H26O2.C2H6/c1-4-14-16(15-6-5-13(20)11-12(15)2)9-10-19(3)17(14)7-8-18(19)21;1-2/h5-6,11,14,16-17,20H,4,7-10H2,1-3H3;1-2H3/t14?,16-,17?,19?;/m0./s1. The number of carbonyl (C=O) groups excluding carboxylic acids is 1. The zero-order valence-electron chi connectivity index (χ0n) is 15.4. The van der Waals surface area contributed by atoms with Gasteiger partial charge in [-0.15, -0.1) is 0 Å². The number of hydrogen-bond donors (Lipinski definition) is 1. The van der Waals surface area contributed by atoms with E-state index in [-0.39, 0.29) is 5.41 Å². The van der Waals surface area contributed by atoms with Crippen LogP contribution >= 0.6 is 0 Å². The zero-order valence-corrected chi connectivity index (χ0v) is 15.4. The summed E-state index contributed by atoms with van der Waals surface area (Å²) in [7, 11) is 0. The van der Waals surface area contributed by atoms with Crippen LogP contribution in [0.2, 0.25) is 0 Å². The predicted octanol–water partition coefficient (Wildman–Crippen LogP) is 5.62. The predicted molar refractivity (Wildman–Crippen MR) is 95.8 cm³/mol. The van der Waals surface area contributed by atoms with Gasteiger partial charge in [0.1, 0.15) is 11.5 Å². The number of ketones is 1. The van der Waals surface area contributed by atoms with Gasteiger partial charge in [0.15, 0.2) is 0 Å². The zero-order chi connectivity index (χ0) is 17.2. The van der Waals surface area contributed by atoms with E-state index in [4.69, 9.17) is 0 Å². The Bertz CT molecular complexity index is 563. The fourth-order valence-corrected chi connectivity index (χ4v) is 5.09. The van der Waals surface area contributed by atoms with E-state index in [0.29, 0.717) is 29.3 Å². The molecule has 2 saturated carbocycles. The van der Waals surface area contributed by atoms with Crippen LogP contribution in [-0.2, 0) is 4.79 Å².